The van der Waals surface area contributed by atoms with Crippen molar-refractivity contribution in [3.8, 4) is 11.3 Å². The average molecular weight is 435 g/mol. The summed E-state index contributed by atoms with van der Waals surface area (Å²) in [6, 6.07) is 8.40. The number of anilines is 2. The van der Waals surface area contributed by atoms with Crippen molar-refractivity contribution in [3.63, 3.8) is 0 Å². The van der Waals surface area contributed by atoms with Crippen molar-refractivity contribution in [3.05, 3.63) is 51.5 Å². The highest BCUT2D eigenvalue weighted by Crippen LogP contribution is 2.33. The van der Waals surface area contributed by atoms with Gasteiger partial charge in [0.15, 0.2) is 11.5 Å². The van der Waals surface area contributed by atoms with Crippen molar-refractivity contribution in [1.29, 1.82) is 0 Å². The highest BCUT2D eigenvalue weighted by molar-refractivity contribution is 7.15. The maximum atomic E-state index is 11.6. The first-order valence-electron chi connectivity index (χ1n) is 8.12. The zero-order valence-corrected chi connectivity index (χ0v) is 16.7. The van der Waals surface area contributed by atoms with Crippen LogP contribution in [0.5, 0.6) is 0 Å². The quantitative estimate of drug-likeness (QED) is 0.462. The number of carbonyl (C=O) groups excluding carboxylic acids is 1. The van der Waals surface area contributed by atoms with Gasteiger partial charge in [0.25, 0.3) is 0 Å². The predicted molar refractivity (Wildman–Crippen MR) is 108 cm³/mol. The van der Waals surface area contributed by atoms with Crippen LogP contribution in [0, 0.1) is 0 Å². The molecule has 0 saturated carbocycles. The number of nitrogens with one attached hydrogen (secondary N) is 1. The fraction of sp³-hybridized carbons (Fsp3) is 0.118. The lowest BCUT2D eigenvalue weighted by atomic mass is 10.2. The fourth-order valence-corrected chi connectivity index (χ4v) is 3.77. The Hall–Kier alpha value is -2.75. The van der Waals surface area contributed by atoms with Gasteiger partial charge < -0.3 is 10.1 Å². The van der Waals surface area contributed by atoms with E-state index in [0.717, 1.165) is 11.3 Å². The van der Waals surface area contributed by atoms with E-state index in [9.17, 15) is 4.79 Å². The highest BCUT2D eigenvalue weighted by atomic mass is 35.5. The third kappa shape index (κ3) is 3.64. The number of benzene rings is 1. The Morgan fingerprint density at radius 1 is 1.25 bits per heavy atom. The normalized spacial score (nSPS) is 11.0. The molecule has 3 heterocycles. The lowest BCUT2D eigenvalue weighted by molar-refractivity contribution is 0.0518. The van der Waals surface area contributed by atoms with Crippen molar-refractivity contribution in [2.75, 3.05) is 11.9 Å². The van der Waals surface area contributed by atoms with E-state index in [2.05, 4.69) is 25.6 Å². The van der Waals surface area contributed by atoms with Crippen LogP contribution in [0.3, 0.4) is 0 Å². The summed E-state index contributed by atoms with van der Waals surface area (Å²) in [6.07, 6.45) is 0. The molecule has 0 aliphatic heterocycles. The van der Waals surface area contributed by atoms with Gasteiger partial charge in [-0.25, -0.2) is 9.31 Å². The second-order valence-corrected chi connectivity index (χ2v) is 7.20. The van der Waals surface area contributed by atoms with Crippen LogP contribution in [0.2, 0.25) is 10.0 Å². The SMILES string of the molecule is CCOC(=O)c1ccc(Nc2nc3scc(-c4ccc(Cl)cc4Cl)n3n2)nn1. The molecule has 0 spiro atoms. The van der Waals surface area contributed by atoms with Crippen molar-refractivity contribution >= 4 is 57.2 Å². The van der Waals surface area contributed by atoms with Gasteiger partial charge in [0, 0.05) is 16.0 Å². The Kier molecular flexibility index (Phi) is 5.12. The van der Waals surface area contributed by atoms with Gasteiger partial charge in [-0.1, -0.05) is 23.2 Å². The molecule has 0 fully saturated rings. The minimum atomic E-state index is -0.522. The van der Waals surface area contributed by atoms with E-state index in [0.29, 0.717) is 26.8 Å². The zero-order valence-electron chi connectivity index (χ0n) is 14.4. The van der Waals surface area contributed by atoms with Crippen LogP contribution in [0.15, 0.2) is 35.7 Å². The van der Waals surface area contributed by atoms with E-state index < -0.39 is 5.97 Å². The molecular weight excluding hydrogens is 423 g/mol. The van der Waals surface area contributed by atoms with E-state index in [1.165, 1.54) is 17.4 Å². The lowest BCUT2D eigenvalue weighted by Crippen LogP contribution is -2.08. The van der Waals surface area contributed by atoms with Crippen molar-refractivity contribution < 1.29 is 9.53 Å². The number of ether oxygens (including phenoxy) is 1. The van der Waals surface area contributed by atoms with Crippen LogP contribution in [-0.2, 0) is 4.74 Å². The molecule has 28 heavy (non-hydrogen) atoms. The number of hydrogen-bond donors (Lipinski definition) is 1. The number of rotatable bonds is 5. The topological polar surface area (TPSA) is 94.3 Å². The smallest absolute Gasteiger partial charge is 0.358 e. The Bertz CT molecular complexity index is 1160. The van der Waals surface area contributed by atoms with Crippen molar-refractivity contribution in [2.45, 2.75) is 6.92 Å². The summed E-state index contributed by atoms with van der Waals surface area (Å²) in [5.41, 5.74) is 1.73. The molecule has 4 rings (SSSR count). The second kappa shape index (κ2) is 7.70. The van der Waals surface area contributed by atoms with Gasteiger partial charge in [-0.05, 0) is 37.3 Å². The fourth-order valence-electron chi connectivity index (χ4n) is 2.44. The summed E-state index contributed by atoms with van der Waals surface area (Å²) in [7, 11) is 0. The first-order chi connectivity index (χ1) is 13.5. The van der Waals surface area contributed by atoms with E-state index in [1.54, 1.807) is 29.6 Å². The Labute approximate surface area is 173 Å². The number of esters is 1. The molecule has 1 N–H and O–H groups in total. The molecule has 1 aromatic carbocycles. The number of nitrogens with zero attached hydrogens (tertiary/aromatic N) is 5. The molecule has 0 atom stereocenters. The van der Waals surface area contributed by atoms with E-state index >= 15 is 0 Å². The first kappa shape index (κ1) is 18.6. The molecule has 0 aliphatic rings. The van der Waals surface area contributed by atoms with E-state index in [1.807, 2.05) is 11.4 Å². The molecule has 0 saturated heterocycles. The third-order valence-corrected chi connectivity index (χ3v) is 5.04. The van der Waals surface area contributed by atoms with E-state index in [-0.39, 0.29) is 12.3 Å². The predicted octanol–water partition coefficient (Wildman–Crippen LogP) is 4.47. The van der Waals surface area contributed by atoms with Gasteiger partial charge >= 0.3 is 5.97 Å². The Morgan fingerprint density at radius 2 is 2.11 bits per heavy atom. The van der Waals surface area contributed by atoms with Gasteiger partial charge in [0.2, 0.25) is 10.9 Å². The molecular formula is C17H12Cl2N6O2S. The number of thiazole rings is 1. The van der Waals surface area contributed by atoms with Crippen LogP contribution >= 0.6 is 34.5 Å². The summed E-state index contributed by atoms with van der Waals surface area (Å²) >= 11 is 13.7. The van der Waals surface area contributed by atoms with E-state index in [4.69, 9.17) is 27.9 Å². The summed E-state index contributed by atoms with van der Waals surface area (Å²) in [6.45, 7) is 2.00. The van der Waals surface area contributed by atoms with Crippen LogP contribution < -0.4 is 5.32 Å². The Morgan fingerprint density at radius 3 is 2.82 bits per heavy atom. The van der Waals surface area contributed by atoms with Crippen LogP contribution in [0.25, 0.3) is 16.2 Å². The number of hydrogen-bond acceptors (Lipinski definition) is 8. The highest BCUT2D eigenvalue weighted by Gasteiger charge is 2.15. The molecule has 0 amide bonds. The van der Waals surface area contributed by atoms with Gasteiger partial charge in [-0.3, -0.25) is 0 Å². The third-order valence-electron chi connectivity index (χ3n) is 3.68. The van der Waals surface area contributed by atoms with Gasteiger partial charge in [0.1, 0.15) is 0 Å². The molecule has 142 valence electrons. The van der Waals surface area contributed by atoms with Crippen molar-refractivity contribution in [2.24, 2.45) is 0 Å². The number of aromatic nitrogens is 5. The summed E-state index contributed by atoms with van der Waals surface area (Å²) < 4.78 is 6.56. The summed E-state index contributed by atoms with van der Waals surface area (Å²) in [5.74, 6) is 0.223. The zero-order chi connectivity index (χ0) is 19.7. The molecule has 0 radical (unpaired) electrons. The monoisotopic (exact) mass is 434 g/mol. The second-order valence-electron chi connectivity index (χ2n) is 5.52. The number of halogens is 2. The molecule has 0 bridgehead atoms. The molecule has 8 nitrogen and oxygen atoms in total. The molecule has 0 unspecified atom stereocenters. The largest absolute Gasteiger partial charge is 0.461 e. The summed E-state index contributed by atoms with van der Waals surface area (Å²) in [5, 5.41) is 18.2. The molecule has 11 heteroatoms. The Balaban J connectivity index is 1.59. The minimum Gasteiger partial charge on any atom is -0.461 e. The number of carbonyl (C=O) groups is 1. The maximum absolute atomic E-state index is 11.6. The van der Waals surface area contributed by atoms with Crippen LogP contribution in [0.4, 0.5) is 11.8 Å². The van der Waals surface area contributed by atoms with Gasteiger partial charge in [0.05, 0.1) is 17.3 Å². The van der Waals surface area contributed by atoms with Gasteiger partial charge in [-0.15, -0.1) is 26.6 Å². The van der Waals surface area contributed by atoms with Crippen LogP contribution in [0.1, 0.15) is 17.4 Å². The van der Waals surface area contributed by atoms with Crippen LogP contribution in [-0.4, -0.2) is 37.4 Å². The number of fused-ring (bicyclic) bond motifs is 1. The van der Waals surface area contributed by atoms with Gasteiger partial charge in [-0.2, -0.15) is 4.98 Å². The minimum absolute atomic E-state index is 0.130. The first-order valence-corrected chi connectivity index (χ1v) is 9.76. The average Bonchev–Trinajstić information content (AvgIpc) is 3.23. The standard InChI is InChI=1S/C17H12Cl2N6O2S/c1-2-27-15(26)12-5-6-14(23-22-12)20-16-21-17-25(24-16)13(8-28-17)10-4-3-9(18)7-11(10)19/h3-8H,2H2,1H3,(H,20,23,24). The molecule has 0 aliphatic carbocycles. The molecule has 4 aromatic rings. The molecule has 3 aromatic heterocycles. The maximum Gasteiger partial charge on any atom is 0.358 e. The summed E-state index contributed by atoms with van der Waals surface area (Å²) in [4.78, 5) is 16.7. The van der Waals surface area contributed by atoms with Crippen molar-refractivity contribution in [1.82, 2.24) is 24.8 Å². The lowest BCUT2D eigenvalue weighted by Gasteiger charge is -2.03.